The van der Waals surface area contributed by atoms with Crippen molar-refractivity contribution in [3.05, 3.63) is 81.1 Å². The zero-order valence-electron chi connectivity index (χ0n) is 13.9. The van der Waals surface area contributed by atoms with E-state index in [-0.39, 0.29) is 23.9 Å². The van der Waals surface area contributed by atoms with Crippen molar-refractivity contribution in [1.82, 2.24) is 10.3 Å². The predicted octanol–water partition coefficient (Wildman–Crippen LogP) is 3.47. The van der Waals surface area contributed by atoms with E-state index >= 15 is 0 Å². The largest absolute Gasteiger partial charge is 0.353 e. The minimum absolute atomic E-state index is 0.0341. The lowest BCUT2D eigenvalue weighted by Crippen LogP contribution is -2.36. The van der Waals surface area contributed by atoms with Crippen LogP contribution in [0.3, 0.4) is 0 Å². The van der Waals surface area contributed by atoms with E-state index in [9.17, 15) is 9.59 Å². The van der Waals surface area contributed by atoms with Crippen LogP contribution in [0.5, 0.6) is 0 Å². The van der Waals surface area contributed by atoms with Gasteiger partial charge in [-0.25, -0.2) is 0 Å². The summed E-state index contributed by atoms with van der Waals surface area (Å²) in [6.07, 6.45) is 0.766. The molecule has 0 fully saturated rings. The van der Waals surface area contributed by atoms with Crippen LogP contribution >= 0.6 is 11.6 Å². The van der Waals surface area contributed by atoms with Crippen molar-refractivity contribution in [2.24, 2.45) is 0 Å². The van der Waals surface area contributed by atoms with Crippen LogP contribution in [0, 0.1) is 0 Å². The van der Waals surface area contributed by atoms with Gasteiger partial charge in [0, 0.05) is 22.1 Å². The third-order valence-electron chi connectivity index (χ3n) is 4.04. The Kier molecular flexibility index (Phi) is 5.19. The number of aromatic amines is 1. The fourth-order valence-corrected chi connectivity index (χ4v) is 2.97. The van der Waals surface area contributed by atoms with Crippen molar-refractivity contribution in [3.63, 3.8) is 0 Å². The molecule has 0 aliphatic carbocycles. The first-order valence-electron chi connectivity index (χ1n) is 8.16. The second kappa shape index (κ2) is 7.53. The maximum absolute atomic E-state index is 12.3. The Bertz CT molecular complexity index is 948. The van der Waals surface area contributed by atoms with Gasteiger partial charge < -0.3 is 10.3 Å². The molecule has 0 saturated heterocycles. The number of carbonyl (C=O) groups is 1. The molecule has 5 heteroatoms. The third kappa shape index (κ3) is 4.48. The average Bonchev–Trinajstić information content (AvgIpc) is 2.57. The van der Waals surface area contributed by atoms with Gasteiger partial charge in [0.15, 0.2) is 0 Å². The number of H-pyrrole nitrogens is 1. The fourth-order valence-electron chi connectivity index (χ4n) is 2.85. The van der Waals surface area contributed by atoms with Crippen molar-refractivity contribution in [2.45, 2.75) is 25.8 Å². The van der Waals surface area contributed by atoms with E-state index in [0.29, 0.717) is 17.0 Å². The number of nitrogens with one attached hydrogen (secondary N) is 2. The highest BCUT2D eigenvalue weighted by Crippen LogP contribution is 2.12. The van der Waals surface area contributed by atoms with Crippen LogP contribution in [0.15, 0.2) is 59.4 Å². The second-order valence-corrected chi connectivity index (χ2v) is 6.62. The Morgan fingerprint density at radius 2 is 1.88 bits per heavy atom. The average molecular weight is 355 g/mol. The molecule has 0 radical (unpaired) electrons. The van der Waals surface area contributed by atoms with E-state index in [2.05, 4.69) is 10.3 Å². The van der Waals surface area contributed by atoms with Crippen LogP contribution in [0.25, 0.3) is 10.9 Å². The maximum Gasteiger partial charge on any atom is 0.252 e. The van der Waals surface area contributed by atoms with Crippen LogP contribution in [0.4, 0.5) is 0 Å². The standard InChI is InChI=1S/C20H19ClN2O2/c1-13(10-14-6-8-17(21)9-7-14)22-19(24)12-16-11-15-4-2-3-5-18(15)23-20(16)25/h2-9,11,13H,10,12H2,1H3,(H,22,24)(H,23,25)/t13-/m1/s1. The molecule has 1 atom stereocenters. The van der Waals surface area contributed by atoms with Crippen LogP contribution in [-0.4, -0.2) is 16.9 Å². The summed E-state index contributed by atoms with van der Waals surface area (Å²) in [6.45, 7) is 1.94. The smallest absolute Gasteiger partial charge is 0.252 e. The summed E-state index contributed by atoms with van der Waals surface area (Å²) in [7, 11) is 0. The number of benzene rings is 2. The predicted molar refractivity (Wildman–Crippen MR) is 101 cm³/mol. The number of amides is 1. The van der Waals surface area contributed by atoms with Crippen molar-refractivity contribution < 1.29 is 4.79 Å². The van der Waals surface area contributed by atoms with Crippen LogP contribution < -0.4 is 10.9 Å². The maximum atomic E-state index is 12.3. The number of aromatic nitrogens is 1. The molecule has 0 saturated carbocycles. The molecule has 0 spiro atoms. The van der Waals surface area contributed by atoms with Gasteiger partial charge in [0.25, 0.3) is 5.56 Å². The first-order chi connectivity index (χ1) is 12.0. The Labute approximate surface area is 150 Å². The number of rotatable bonds is 5. The fraction of sp³-hybridized carbons (Fsp3) is 0.200. The molecule has 2 N–H and O–H groups in total. The minimum Gasteiger partial charge on any atom is -0.353 e. The summed E-state index contributed by atoms with van der Waals surface area (Å²) < 4.78 is 0. The monoisotopic (exact) mass is 354 g/mol. The number of hydrogen-bond donors (Lipinski definition) is 2. The lowest BCUT2D eigenvalue weighted by atomic mass is 10.1. The Morgan fingerprint density at radius 3 is 2.64 bits per heavy atom. The van der Waals surface area contributed by atoms with E-state index in [4.69, 9.17) is 11.6 Å². The SMILES string of the molecule is C[C@H](Cc1ccc(Cl)cc1)NC(=O)Cc1cc2ccccc2[nH]c1=O. The molecule has 128 valence electrons. The highest BCUT2D eigenvalue weighted by atomic mass is 35.5. The summed E-state index contributed by atoms with van der Waals surface area (Å²) in [5.41, 5.74) is 2.11. The molecule has 3 aromatic rings. The first kappa shape index (κ1) is 17.2. The molecule has 3 rings (SSSR count). The molecule has 25 heavy (non-hydrogen) atoms. The van der Waals surface area contributed by atoms with Gasteiger partial charge in [-0.15, -0.1) is 0 Å². The summed E-state index contributed by atoms with van der Waals surface area (Å²) in [6, 6.07) is 16.8. The van der Waals surface area contributed by atoms with Crippen molar-refractivity contribution >= 4 is 28.4 Å². The van der Waals surface area contributed by atoms with Gasteiger partial charge >= 0.3 is 0 Å². The Morgan fingerprint density at radius 1 is 1.16 bits per heavy atom. The topological polar surface area (TPSA) is 62.0 Å². The summed E-state index contributed by atoms with van der Waals surface area (Å²) in [5.74, 6) is -0.165. The van der Waals surface area contributed by atoms with E-state index in [1.807, 2.05) is 55.5 Å². The summed E-state index contributed by atoms with van der Waals surface area (Å²) in [4.78, 5) is 27.2. The van der Waals surface area contributed by atoms with Crippen LogP contribution in [-0.2, 0) is 17.6 Å². The highest BCUT2D eigenvalue weighted by molar-refractivity contribution is 6.30. The molecule has 2 aromatic carbocycles. The van der Waals surface area contributed by atoms with E-state index in [0.717, 1.165) is 16.5 Å². The van der Waals surface area contributed by atoms with Gasteiger partial charge in [0.2, 0.25) is 5.91 Å². The van der Waals surface area contributed by atoms with Gasteiger partial charge in [-0.3, -0.25) is 9.59 Å². The van der Waals surface area contributed by atoms with Gasteiger partial charge in [-0.1, -0.05) is 41.9 Å². The molecule has 0 aliphatic rings. The molecule has 1 aromatic heterocycles. The van der Waals surface area contributed by atoms with Gasteiger partial charge in [0.1, 0.15) is 0 Å². The lowest BCUT2D eigenvalue weighted by molar-refractivity contribution is -0.121. The van der Waals surface area contributed by atoms with E-state index in [1.165, 1.54) is 0 Å². The quantitative estimate of drug-likeness (QED) is 0.737. The van der Waals surface area contributed by atoms with E-state index < -0.39 is 0 Å². The van der Waals surface area contributed by atoms with Gasteiger partial charge in [-0.05, 0) is 48.6 Å². The minimum atomic E-state index is -0.223. The molecule has 1 heterocycles. The molecule has 1 amide bonds. The van der Waals surface area contributed by atoms with Gasteiger partial charge in [-0.2, -0.15) is 0 Å². The number of fused-ring (bicyclic) bond motifs is 1. The first-order valence-corrected chi connectivity index (χ1v) is 8.54. The second-order valence-electron chi connectivity index (χ2n) is 6.19. The third-order valence-corrected chi connectivity index (χ3v) is 4.30. The number of halogens is 1. The van der Waals surface area contributed by atoms with Crippen molar-refractivity contribution in [2.75, 3.05) is 0 Å². The van der Waals surface area contributed by atoms with Crippen LogP contribution in [0.1, 0.15) is 18.1 Å². The molecule has 0 unspecified atom stereocenters. The normalized spacial score (nSPS) is 12.1. The number of para-hydroxylation sites is 1. The molecule has 0 aliphatic heterocycles. The highest BCUT2D eigenvalue weighted by Gasteiger charge is 2.12. The summed E-state index contributed by atoms with van der Waals surface area (Å²) >= 11 is 5.88. The number of pyridine rings is 1. The van der Waals surface area contributed by atoms with Gasteiger partial charge in [0.05, 0.1) is 6.42 Å². The Hall–Kier alpha value is -2.59. The zero-order chi connectivity index (χ0) is 17.8. The lowest BCUT2D eigenvalue weighted by Gasteiger charge is -2.14. The molecular formula is C20H19ClN2O2. The number of carbonyl (C=O) groups excluding carboxylic acids is 1. The molecule has 4 nitrogen and oxygen atoms in total. The molecule has 0 bridgehead atoms. The molecular weight excluding hydrogens is 336 g/mol. The van der Waals surface area contributed by atoms with Crippen molar-refractivity contribution in [3.8, 4) is 0 Å². The van der Waals surface area contributed by atoms with E-state index in [1.54, 1.807) is 6.07 Å². The zero-order valence-corrected chi connectivity index (χ0v) is 14.6. The van der Waals surface area contributed by atoms with Crippen LogP contribution in [0.2, 0.25) is 5.02 Å². The Balaban J connectivity index is 1.65. The van der Waals surface area contributed by atoms with Crippen molar-refractivity contribution in [1.29, 1.82) is 0 Å². The number of hydrogen-bond acceptors (Lipinski definition) is 2. The summed E-state index contributed by atoms with van der Waals surface area (Å²) in [5, 5.41) is 4.55.